The first kappa shape index (κ1) is 20.9. The first-order chi connectivity index (χ1) is 15.1. The standard InChI is InChI=1S/C30H32BN/c1-29(2,3)19-13-15-27-23(17-19)24-18-20(30(4,5)6)14-16-28(24)32(27)26-12-8-9-21-22(26)10-7-11-25(21)31/h7-18H,31H2,1-6H3. The van der Waals surface area contributed by atoms with Gasteiger partial charge in [0.2, 0.25) is 0 Å². The number of aromatic nitrogens is 1. The van der Waals surface area contributed by atoms with Gasteiger partial charge in [0.1, 0.15) is 7.85 Å². The summed E-state index contributed by atoms with van der Waals surface area (Å²) in [5.74, 6) is 0. The van der Waals surface area contributed by atoms with Crippen LogP contribution in [0.2, 0.25) is 0 Å². The summed E-state index contributed by atoms with van der Waals surface area (Å²) in [6.07, 6.45) is 0. The molecule has 1 heterocycles. The highest BCUT2D eigenvalue weighted by molar-refractivity contribution is 6.39. The van der Waals surface area contributed by atoms with Crippen LogP contribution in [0.25, 0.3) is 38.3 Å². The Labute approximate surface area is 192 Å². The molecule has 0 unspecified atom stereocenters. The molecular formula is C30H32BN. The van der Waals surface area contributed by atoms with Crippen molar-refractivity contribution < 1.29 is 0 Å². The zero-order chi connectivity index (χ0) is 22.8. The minimum atomic E-state index is 0.112. The molecule has 0 saturated heterocycles. The van der Waals surface area contributed by atoms with Crippen LogP contribution in [0.3, 0.4) is 0 Å². The van der Waals surface area contributed by atoms with Crippen molar-refractivity contribution in [2.75, 3.05) is 0 Å². The van der Waals surface area contributed by atoms with Crippen LogP contribution in [0.15, 0.2) is 72.8 Å². The van der Waals surface area contributed by atoms with Gasteiger partial charge < -0.3 is 4.57 Å². The summed E-state index contributed by atoms with van der Waals surface area (Å²) < 4.78 is 2.46. The van der Waals surface area contributed by atoms with Gasteiger partial charge >= 0.3 is 0 Å². The van der Waals surface area contributed by atoms with Crippen LogP contribution in [0.5, 0.6) is 0 Å². The lowest BCUT2D eigenvalue weighted by Gasteiger charge is -2.19. The monoisotopic (exact) mass is 417 g/mol. The van der Waals surface area contributed by atoms with E-state index in [1.807, 2.05) is 0 Å². The van der Waals surface area contributed by atoms with Gasteiger partial charge in [-0.3, -0.25) is 0 Å². The fourth-order valence-electron chi connectivity index (χ4n) is 4.86. The third kappa shape index (κ3) is 3.25. The molecule has 0 bridgehead atoms. The Balaban J connectivity index is 1.94. The highest BCUT2D eigenvalue weighted by Crippen LogP contribution is 2.38. The molecule has 5 aromatic rings. The average molecular weight is 417 g/mol. The van der Waals surface area contributed by atoms with E-state index in [2.05, 4.69) is 127 Å². The molecule has 0 N–H and O–H groups in total. The molecule has 0 aliphatic rings. The van der Waals surface area contributed by atoms with Crippen molar-refractivity contribution in [3.8, 4) is 5.69 Å². The van der Waals surface area contributed by atoms with E-state index in [1.165, 1.54) is 54.9 Å². The first-order valence-electron chi connectivity index (χ1n) is 11.6. The van der Waals surface area contributed by atoms with Gasteiger partial charge in [0.15, 0.2) is 0 Å². The number of nitrogens with zero attached hydrogens (tertiary/aromatic N) is 1. The van der Waals surface area contributed by atoms with E-state index >= 15 is 0 Å². The SMILES string of the molecule is Bc1cccc2c(-n3c4ccc(C(C)(C)C)cc4c4cc(C(C)(C)C)ccc43)cccc12. The topological polar surface area (TPSA) is 4.93 Å². The Morgan fingerprint density at radius 2 is 1.06 bits per heavy atom. The van der Waals surface area contributed by atoms with E-state index in [1.54, 1.807) is 0 Å². The molecule has 4 aromatic carbocycles. The average Bonchev–Trinajstić information content (AvgIpc) is 3.05. The predicted octanol–water partition coefficient (Wildman–Crippen LogP) is 6.79. The zero-order valence-corrected chi connectivity index (χ0v) is 20.4. The summed E-state index contributed by atoms with van der Waals surface area (Å²) in [7, 11) is 2.20. The van der Waals surface area contributed by atoms with E-state index in [-0.39, 0.29) is 10.8 Å². The van der Waals surface area contributed by atoms with Crippen LogP contribution < -0.4 is 5.46 Å². The fourth-order valence-corrected chi connectivity index (χ4v) is 4.86. The third-order valence-electron chi connectivity index (χ3n) is 6.86. The van der Waals surface area contributed by atoms with Gasteiger partial charge in [-0.2, -0.15) is 0 Å². The van der Waals surface area contributed by atoms with Crippen molar-refractivity contribution in [2.45, 2.75) is 52.4 Å². The summed E-state index contributed by atoms with van der Waals surface area (Å²) in [6.45, 7) is 13.8. The fraction of sp³-hybridized carbons (Fsp3) is 0.267. The highest BCUT2D eigenvalue weighted by Gasteiger charge is 2.21. The highest BCUT2D eigenvalue weighted by atomic mass is 15.0. The maximum absolute atomic E-state index is 2.46. The van der Waals surface area contributed by atoms with Crippen molar-refractivity contribution in [3.63, 3.8) is 0 Å². The molecule has 0 amide bonds. The maximum atomic E-state index is 2.46. The van der Waals surface area contributed by atoms with Gasteiger partial charge in [-0.1, -0.05) is 89.5 Å². The Kier molecular flexibility index (Phi) is 4.57. The van der Waals surface area contributed by atoms with Crippen molar-refractivity contribution in [1.29, 1.82) is 0 Å². The molecule has 0 aliphatic carbocycles. The molecule has 5 rings (SSSR count). The van der Waals surface area contributed by atoms with Crippen molar-refractivity contribution in [2.24, 2.45) is 0 Å². The molecule has 0 radical (unpaired) electrons. The predicted molar refractivity (Wildman–Crippen MR) is 144 cm³/mol. The third-order valence-corrected chi connectivity index (χ3v) is 6.86. The molecular weight excluding hydrogens is 385 g/mol. The Morgan fingerprint density at radius 3 is 1.59 bits per heavy atom. The van der Waals surface area contributed by atoms with Crippen LogP contribution in [0.1, 0.15) is 52.7 Å². The van der Waals surface area contributed by atoms with E-state index in [9.17, 15) is 0 Å². The van der Waals surface area contributed by atoms with Gasteiger partial charge in [-0.15, -0.1) is 0 Å². The molecule has 1 nitrogen and oxygen atoms in total. The van der Waals surface area contributed by atoms with Gasteiger partial charge in [-0.25, -0.2) is 0 Å². The number of benzene rings is 4. The minimum Gasteiger partial charge on any atom is -0.309 e. The Hall–Kier alpha value is -3.00. The minimum absolute atomic E-state index is 0.112. The van der Waals surface area contributed by atoms with Gasteiger partial charge in [0, 0.05) is 16.2 Å². The summed E-state index contributed by atoms with van der Waals surface area (Å²) in [4.78, 5) is 0. The largest absolute Gasteiger partial charge is 0.309 e. The molecule has 0 atom stereocenters. The number of rotatable bonds is 1. The van der Waals surface area contributed by atoms with Crippen LogP contribution in [0, 0.1) is 0 Å². The molecule has 2 heteroatoms. The Bertz CT molecular complexity index is 1420. The lowest BCUT2D eigenvalue weighted by Crippen LogP contribution is -2.10. The van der Waals surface area contributed by atoms with Crippen LogP contribution >= 0.6 is 0 Å². The van der Waals surface area contributed by atoms with E-state index in [0.29, 0.717) is 0 Å². The lowest BCUT2D eigenvalue weighted by molar-refractivity contribution is 0.590. The second-order valence-corrected chi connectivity index (χ2v) is 11.2. The van der Waals surface area contributed by atoms with E-state index in [4.69, 9.17) is 0 Å². The summed E-state index contributed by atoms with van der Waals surface area (Å²) in [5, 5.41) is 5.29. The van der Waals surface area contributed by atoms with Crippen molar-refractivity contribution >= 4 is 45.9 Å². The second-order valence-electron chi connectivity index (χ2n) is 11.2. The molecule has 0 fully saturated rings. The van der Waals surface area contributed by atoms with Crippen molar-refractivity contribution in [1.82, 2.24) is 4.57 Å². The zero-order valence-electron chi connectivity index (χ0n) is 20.4. The van der Waals surface area contributed by atoms with Crippen molar-refractivity contribution in [3.05, 3.63) is 83.9 Å². The second kappa shape index (κ2) is 7.00. The maximum Gasteiger partial charge on any atom is 0.140 e. The molecule has 0 saturated carbocycles. The quantitative estimate of drug-likeness (QED) is 0.265. The van der Waals surface area contributed by atoms with E-state index < -0.39 is 0 Å². The number of hydrogen-bond acceptors (Lipinski definition) is 0. The molecule has 32 heavy (non-hydrogen) atoms. The molecule has 0 aliphatic heterocycles. The molecule has 0 spiro atoms. The first-order valence-corrected chi connectivity index (χ1v) is 11.6. The van der Waals surface area contributed by atoms with Gasteiger partial charge in [0.05, 0.1) is 16.7 Å². The summed E-state index contributed by atoms with van der Waals surface area (Å²) in [6, 6.07) is 27.4. The summed E-state index contributed by atoms with van der Waals surface area (Å²) in [5.41, 5.74) is 8.08. The summed E-state index contributed by atoms with van der Waals surface area (Å²) >= 11 is 0. The van der Waals surface area contributed by atoms with Crippen LogP contribution in [-0.4, -0.2) is 12.4 Å². The Morgan fingerprint density at radius 1 is 0.562 bits per heavy atom. The lowest BCUT2D eigenvalue weighted by atomic mass is 9.85. The van der Waals surface area contributed by atoms with Crippen LogP contribution in [0.4, 0.5) is 0 Å². The molecule has 1 aromatic heterocycles. The van der Waals surface area contributed by atoms with Crippen LogP contribution in [-0.2, 0) is 10.8 Å². The molecule has 160 valence electrons. The normalized spacial score (nSPS) is 12.8. The van der Waals surface area contributed by atoms with Gasteiger partial charge in [-0.05, 0) is 57.7 Å². The number of hydrogen-bond donors (Lipinski definition) is 0. The number of fused-ring (bicyclic) bond motifs is 4. The smallest absolute Gasteiger partial charge is 0.140 e. The van der Waals surface area contributed by atoms with E-state index in [0.717, 1.165) is 0 Å². The van der Waals surface area contributed by atoms with Gasteiger partial charge in [0.25, 0.3) is 0 Å².